The van der Waals surface area contributed by atoms with Crippen molar-refractivity contribution in [1.29, 1.82) is 0 Å². The molecule has 0 radical (unpaired) electrons. The van der Waals surface area contributed by atoms with Gasteiger partial charge in [0.25, 0.3) is 5.91 Å². The van der Waals surface area contributed by atoms with E-state index in [1.165, 1.54) is 12.5 Å². The van der Waals surface area contributed by atoms with Crippen LogP contribution in [-0.4, -0.2) is 5.91 Å². The minimum Gasteiger partial charge on any atom is -0.472 e. The third kappa shape index (κ3) is 2.70. The lowest BCUT2D eigenvalue weighted by molar-refractivity contribution is 0.0950. The Balaban J connectivity index is 1.91. The van der Waals surface area contributed by atoms with Gasteiger partial charge in [0.15, 0.2) is 0 Å². The minimum atomic E-state index is -0.119. The fraction of sp³-hybridized carbons (Fsp3) is 0.100. The third-order valence-corrected chi connectivity index (χ3v) is 3.41. The summed E-state index contributed by atoms with van der Waals surface area (Å²) in [6.45, 7) is 0.534. The molecule has 1 amide bonds. The van der Waals surface area contributed by atoms with E-state index in [0.29, 0.717) is 12.1 Å². The predicted octanol–water partition coefficient (Wildman–Crippen LogP) is 3.03. The van der Waals surface area contributed by atoms with Crippen LogP contribution in [0.15, 0.2) is 38.2 Å². The second-order valence-corrected chi connectivity index (χ2v) is 5.24. The molecule has 5 heteroatoms. The largest absolute Gasteiger partial charge is 0.472 e. The minimum absolute atomic E-state index is 0.119. The van der Waals surface area contributed by atoms with Crippen LogP contribution in [0.3, 0.4) is 0 Å². The molecule has 0 atom stereocenters. The van der Waals surface area contributed by atoms with E-state index < -0.39 is 0 Å². The summed E-state index contributed by atoms with van der Waals surface area (Å²) in [6.07, 6.45) is 2.91. The van der Waals surface area contributed by atoms with Gasteiger partial charge in [-0.2, -0.15) is 0 Å². The summed E-state index contributed by atoms with van der Waals surface area (Å²) in [7, 11) is 0. The van der Waals surface area contributed by atoms with Gasteiger partial charge in [0, 0.05) is 6.54 Å². The highest BCUT2D eigenvalue weighted by molar-refractivity contribution is 9.11. The Morgan fingerprint density at radius 3 is 3.07 bits per heavy atom. The third-order valence-electron chi connectivity index (χ3n) is 1.86. The van der Waals surface area contributed by atoms with Crippen molar-refractivity contribution in [3.8, 4) is 0 Å². The molecule has 3 nitrogen and oxygen atoms in total. The lowest BCUT2D eigenvalue weighted by Gasteiger charge is -2.00. The van der Waals surface area contributed by atoms with Crippen LogP contribution in [-0.2, 0) is 6.54 Å². The molecule has 0 aliphatic rings. The number of carbonyl (C=O) groups excluding carboxylic acids is 1. The highest BCUT2D eigenvalue weighted by Crippen LogP contribution is 2.20. The number of furan rings is 1. The number of thiophene rings is 1. The van der Waals surface area contributed by atoms with Gasteiger partial charge in [0.2, 0.25) is 0 Å². The fourth-order valence-corrected chi connectivity index (χ4v) is 2.33. The molecule has 1 N–H and O–H groups in total. The summed E-state index contributed by atoms with van der Waals surface area (Å²) in [4.78, 5) is 11.5. The van der Waals surface area contributed by atoms with Crippen molar-refractivity contribution in [2.45, 2.75) is 6.54 Å². The smallest absolute Gasteiger partial charge is 0.254 e. The lowest BCUT2D eigenvalue weighted by atomic mass is 10.3. The Hall–Kier alpha value is -1.07. The first-order chi connectivity index (χ1) is 7.25. The normalized spacial score (nSPS) is 10.2. The lowest BCUT2D eigenvalue weighted by Crippen LogP contribution is -2.21. The topological polar surface area (TPSA) is 42.2 Å². The van der Waals surface area contributed by atoms with Gasteiger partial charge in [-0.1, -0.05) is 0 Å². The first-order valence-electron chi connectivity index (χ1n) is 4.29. The maximum Gasteiger partial charge on any atom is 0.254 e. The van der Waals surface area contributed by atoms with E-state index in [9.17, 15) is 4.79 Å². The van der Waals surface area contributed by atoms with Crippen LogP contribution >= 0.6 is 27.3 Å². The van der Waals surface area contributed by atoms with Gasteiger partial charge < -0.3 is 9.73 Å². The number of hydrogen-bond donors (Lipinski definition) is 1. The molecule has 0 saturated carbocycles. The van der Waals surface area contributed by atoms with Crippen LogP contribution in [0.25, 0.3) is 0 Å². The molecular formula is C10H8BrNO2S. The van der Waals surface area contributed by atoms with Gasteiger partial charge in [0.05, 0.1) is 15.6 Å². The quantitative estimate of drug-likeness (QED) is 0.942. The van der Waals surface area contributed by atoms with Gasteiger partial charge in [-0.05, 0) is 39.0 Å². The Kier molecular flexibility index (Phi) is 3.23. The fourth-order valence-electron chi connectivity index (χ4n) is 1.12. The van der Waals surface area contributed by atoms with Gasteiger partial charge in [-0.15, -0.1) is 11.3 Å². The second kappa shape index (κ2) is 4.63. The van der Waals surface area contributed by atoms with Gasteiger partial charge in [-0.25, -0.2) is 0 Å². The maximum atomic E-state index is 11.5. The van der Waals surface area contributed by atoms with Crippen molar-refractivity contribution in [1.82, 2.24) is 5.32 Å². The molecule has 0 bridgehead atoms. The van der Waals surface area contributed by atoms with Crippen LogP contribution in [0.5, 0.6) is 0 Å². The molecule has 0 aliphatic carbocycles. The van der Waals surface area contributed by atoms with Crippen molar-refractivity contribution < 1.29 is 9.21 Å². The molecule has 78 valence electrons. The van der Waals surface area contributed by atoms with Gasteiger partial charge >= 0.3 is 0 Å². The number of amides is 1. The van der Waals surface area contributed by atoms with Gasteiger partial charge in [0.1, 0.15) is 6.26 Å². The summed E-state index contributed by atoms with van der Waals surface area (Å²) in [5.41, 5.74) is 1.63. The van der Waals surface area contributed by atoms with Crippen molar-refractivity contribution in [2.75, 3.05) is 0 Å². The molecule has 0 fully saturated rings. The summed E-state index contributed by atoms with van der Waals surface area (Å²) >= 11 is 4.97. The SMILES string of the molecule is O=C(NCc1csc(Br)c1)c1ccoc1. The van der Waals surface area contributed by atoms with Crippen LogP contribution in [0.1, 0.15) is 15.9 Å². The summed E-state index contributed by atoms with van der Waals surface area (Å²) in [6, 6.07) is 3.62. The average Bonchev–Trinajstić information content (AvgIpc) is 2.84. The Bertz CT molecular complexity index is 450. The summed E-state index contributed by atoms with van der Waals surface area (Å²) < 4.78 is 5.89. The van der Waals surface area contributed by atoms with E-state index in [1.54, 1.807) is 17.4 Å². The highest BCUT2D eigenvalue weighted by Gasteiger charge is 2.06. The number of carbonyl (C=O) groups is 1. The molecule has 0 unspecified atom stereocenters. The van der Waals surface area contributed by atoms with Gasteiger partial charge in [-0.3, -0.25) is 4.79 Å². The molecule has 15 heavy (non-hydrogen) atoms. The number of rotatable bonds is 3. The number of nitrogens with one attached hydrogen (secondary N) is 1. The van der Waals surface area contributed by atoms with Crippen molar-refractivity contribution in [3.05, 3.63) is 45.0 Å². The van der Waals surface area contributed by atoms with E-state index in [2.05, 4.69) is 21.2 Å². The molecule has 2 heterocycles. The summed E-state index contributed by atoms with van der Waals surface area (Å²) in [5.74, 6) is -0.119. The average molecular weight is 286 g/mol. The number of hydrogen-bond acceptors (Lipinski definition) is 3. The molecule has 0 aliphatic heterocycles. The highest BCUT2D eigenvalue weighted by atomic mass is 79.9. The Morgan fingerprint density at radius 2 is 2.47 bits per heavy atom. The van der Waals surface area contributed by atoms with Crippen LogP contribution in [0.4, 0.5) is 0 Å². The Labute approximate surface area is 99.2 Å². The zero-order valence-electron chi connectivity index (χ0n) is 7.70. The standard InChI is InChI=1S/C10H8BrNO2S/c11-9-3-7(6-15-9)4-12-10(13)8-1-2-14-5-8/h1-3,5-6H,4H2,(H,12,13). The van der Waals surface area contributed by atoms with E-state index in [-0.39, 0.29) is 5.91 Å². The second-order valence-electron chi connectivity index (χ2n) is 2.95. The number of halogens is 1. The van der Waals surface area contributed by atoms with E-state index in [1.807, 2.05) is 11.4 Å². The van der Waals surface area contributed by atoms with Crippen molar-refractivity contribution in [3.63, 3.8) is 0 Å². The van der Waals surface area contributed by atoms with E-state index in [0.717, 1.165) is 9.35 Å². The molecule has 2 aromatic rings. The predicted molar refractivity (Wildman–Crippen MR) is 61.9 cm³/mol. The zero-order valence-corrected chi connectivity index (χ0v) is 10.1. The molecule has 0 spiro atoms. The first-order valence-corrected chi connectivity index (χ1v) is 5.96. The van der Waals surface area contributed by atoms with Crippen LogP contribution < -0.4 is 5.32 Å². The van der Waals surface area contributed by atoms with E-state index >= 15 is 0 Å². The van der Waals surface area contributed by atoms with Crippen LogP contribution in [0, 0.1) is 0 Å². The van der Waals surface area contributed by atoms with Crippen molar-refractivity contribution >= 4 is 33.2 Å². The molecule has 2 rings (SSSR count). The monoisotopic (exact) mass is 285 g/mol. The van der Waals surface area contributed by atoms with E-state index in [4.69, 9.17) is 4.42 Å². The zero-order chi connectivity index (χ0) is 10.7. The van der Waals surface area contributed by atoms with Crippen molar-refractivity contribution in [2.24, 2.45) is 0 Å². The molecular weight excluding hydrogens is 278 g/mol. The molecule has 0 saturated heterocycles. The molecule has 2 aromatic heterocycles. The van der Waals surface area contributed by atoms with Crippen LogP contribution in [0.2, 0.25) is 0 Å². The maximum absolute atomic E-state index is 11.5. The summed E-state index contributed by atoms with van der Waals surface area (Å²) in [5, 5.41) is 4.80. The Morgan fingerprint density at radius 1 is 1.60 bits per heavy atom. The first kappa shape index (κ1) is 10.4. The molecule has 0 aromatic carbocycles.